The van der Waals surface area contributed by atoms with Crippen molar-refractivity contribution in [2.24, 2.45) is 0 Å². The summed E-state index contributed by atoms with van der Waals surface area (Å²) in [7, 11) is 0. The van der Waals surface area contributed by atoms with Gasteiger partial charge in [0.25, 0.3) is 0 Å². The smallest absolute Gasteiger partial charge is 0.234 e. The first-order chi connectivity index (χ1) is 13.7. The molecule has 1 atom stereocenters. The van der Waals surface area contributed by atoms with Crippen molar-refractivity contribution in [2.45, 2.75) is 22.6 Å². The highest BCUT2D eigenvalue weighted by Crippen LogP contribution is 2.32. The third-order valence-electron chi connectivity index (χ3n) is 4.47. The van der Waals surface area contributed by atoms with E-state index in [1.54, 1.807) is 11.3 Å². The number of nitrogens with one attached hydrogen (secondary N) is 1. The van der Waals surface area contributed by atoms with Gasteiger partial charge in [-0.25, -0.2) is 4.98 Å². The molecule has 0 aliphatic carbocycles. The van der Waals surface area contributed by atoms with E-state index < -0.39 is 0 Å². The van der Waals surface area contributed by atoms with Crippen LogP contribution in [0.1, 0.15) is 24.1 Å². The molecule has 0 saturated heterocycles. The Balaban J connectivity index is 1.52. The number of thiazole rings is 1. The van der Waals surface area contributed by atoms with Crippen molar-refractivity contribution in [1.29, 1.82) is 0 Å². The Kier molecular flexibility index (Phi) is 5.74. The molecule has 0 radical (unpaired) electrons. The summed E-state index contributed by atoms with van der Waals surface area (Å²) in [5.74, 6) is 0.00182. The Bertz CT molecular complexity index is 991. The molecule has 1 amide bonds. The Morgan fingerprint density at radius 3 is 2.07 bits per heavy atom. The fourth-order valence-corrected chi connectivity index (χ4v) is 5.24. The summed E-state index contributed by atoms with van der Waals surface area (Å²) in [5.41, 5.74) is 3.12. The zero-order valence-electron chi connectivity index (χ0n) is 15.4. The fourth-order valence-electron chi connectivity index (χ4n) is 3.02. The quantitative estimate of drug-likeness (QED) is 0.420. The number of carbonyl (C=O) groups is 1. The van der Waals surface area contributed by atoms with Gasteiger partial charge >= 0.3 is 0 Å². The maximum Gasteiger partial charge on any atom is 0.234 e. The summed E-state index contributed by atoms with van der Waals surface area (Å²) in [4.78, 5) is 17.6. The highest BCUT2D eigenvalue weighted by Gasteiger charge is 2.22. The van der Waals surface area contributed by atoms with E-state index in [1.165, 1.54) is 11.8 Å². The van der Waals surface area contributed by atoms with Gasteiger partial charge in [-0.1, -0.05) is 84.6 Å². The minimum absolute atomic E-state index is 0.00182. The van der Waals surface area contributed by atoms with Crippen molar-refractivity contribution in [2.75, 3.05) is 0 Å². The van der Waals surface area contributed by atoms with Crippen LogP contribution < -0.4 is 5.32 Å². The molecule has 0 spiro atoms. The molecular formula is C23H20N2OS2. The molecule has 28 heavy (non-hydrogen) atoms. The second-order valence-corrected chi connectivity index (χ2v) is 9.09. The summed E-state index contributed by atoms with van der Waals surface area (Å²) in [6.45, 7) is 1.93. The van der Waals surface area contributed by atoms with Crippen molar-refractivity contribution >= 4 is 39.2 Å². The molecule has 1 unspecified atom stereocenters. The number of carbonyl (C=O) groups excluding carboxylic acids is 1. The minimum atomic E-state index is -0.240. The van der Waals surface area contributed by atoms with Crippen molar-refractivity contribution in [3.63, 3.8) is 0 Å². The SMILES string of the molecule is CC(Sc1nc2ccccc2s1)C(=O)NC(c1ccccc1)c1ccccc1. The van der Waals surface area contributed by atoms with Crippen molar-refractivity contribution in [1.82, 2.24) is 10.3 Å². The molecular weight excluding hydrogens is 384 g/mol. The van der Waals surface area contributed by atoms with Crippen LogP contribution in [0.5, 0.6) is 0 Å². The van der Waals surface area contributed by atoms with Crippen LogP contribution in [0.15, 0.2) is 89.3 Å². The van der Waals surface area contributed by atoms with E-state index in [-0.39, 0.29) is 17.2 Å². The van der Waals surface area contributed by atoms with Crippen LogP contribution in [0.4, 0.5) is 0 Å². The average molecular weight is 405 g/mol. The van der Waals surface area contributed by atoms with E-state index in [1.807, 2.05) is 85.8 Å². The molecule has 0 aliphatic heterocycles. The van der Waals surface area contributed by atoms with Crippen molar-refractivity contribution < 1.29 is 4.79 Å². The zero-order valence-corrected chi connectivity index (χ0v) is 17.0. The van der Waals surface area contributed by atoms with E-state index in [0.717, 1.165) is 25.7 Å². The van der Waals surface area contributed by atoms with E-state index in [0.29, 0.717) is 0 Å². The lowest BCUT2D eigenvalue weighted by Crippen LogP contribution is -2.34. The number of benzene rings is 3. The van der Waals surface area contributed by atoms with E-state index in [2.05, 4.69) is 16.4 Å². The molecule has 3 nitrogen and oxygen atoms in total. The van der Waals surface area contributed by atoms with Crippen LogP contribution in [0, 0.1) is 0 Å². The monoisotopic (exact) mass is 404 g/mol. The summed E-state index contributed by atoms with van der Waals surface area (Å²) in [5, 5.41) is 2.98. The van der Waals surface area contributed by atoms with Gasteiger partial charge in [-0.3, -0.25) is 4.79 Å². The number of para-hydroxylation sites is 1. The predicted octanol–water partition coefficient (Wildman–Crippen LogP) is 5.68. The van der Waals surface area contributed by atoms with E-state index in [9.17, 15) is 4.79 Å². The number of fused-ring (bicyclic) bond motifs is 1. The molecule has 1 N–H and O–H groups in total. The van der Waals surface area contributed by atoms with Crippen LogP contribution in [0.25, 0.3) is 10.2 Å². The Labute approximate surface area is 172 Å². The first kappa shape index (κ1) is 18.7. The van der Waals surface area contributed by atoms with Gasteiger partial charge in [-0.2, -0.15) is 0 Å². The maximum atomic E-state index is 13.0. The molecule has 5 heteroatoms. The normalized spacial score (nSPS) is 12.2. The third kappa shape index (κ3) is 4.26. The summed E-state index contributed by atoms with van der Waals surface area (Å²) < 4.78 is 2.06. The Hall–Kier alpha value is -2.63. The predicted molar refractivity (Wildman–Crippen MR) is 118 cm³/mol. The molecule has 0 saturated carbocycles. The van der Waals surface area contributed by atoms with Crippen LogP contribution in [-0.2, 0) is 4.79 Å². The highest BCUT2D eigenvalue weighted by atomic mass is 32.2. The Morgan fingerprint density at radius 2 is 1.46 bits per heavy atom. The van der Waals surface area contributed by atoms with Gasteiger partial charge in [0.1, 0.15) is 0 Å². The van der Waals surface area contributed by atoms with Crippen molar-refractivity contribution in [3.8, 4) is 0 Å². The summed E-state index contributed by atoms with van der Waals surface area (Å²) in [6.07, 6.45) is 0. The van der Waals surface area contributed by atoms with Gasteiger partial charge in [0.05, 0.1) is 21.5 Å². The number of aromatic nitrogens is 1. The third-order valence-corrected chi connectivity index (χ3v) is 6.70. The van der Waals surface area contributed by atoms with E-state index in [4.69, 9.17) is 0 Å². The number of amides is 1. The number of thioether (sulfide) groups is 1. The molecule has 1 aromatic heterocycles. The second-order valence-electron chi connectivity index (χ2n) is 6.47. The summed E-state index contributed by atoms with van der Waals surface area (Å²) >= 11 is 3.13. The molecule has 4 aromatic rings. The van der Waals surface area contributed by atoms with Gasteiger partial charge in [-0.15, -0.1) is 11.3 Å². The summed E-state index contributed by atoms with van der Waals surface area (Å²) in [6, 6.07) is 28.0. The number of hydrogen-bond donors (Lipinski definition) is 1. The Morgan fingerprint density at radius 1 is 0.893 bits per heavy atom. The lowest BCUT2D eigenvalue weighted by atomic mass is 9.98. The van der Waals surface area contributed by atoms with E-state index >= 15 is 0 Å². The number of rotatable bonds is 6. The van der Waals surface area contributed by atoms with Gasteiger partial charge in [-0.05, 0) is 30.2 Å². The second kappa shape index (κ2) is 8.59. The van der Waals surface area contributed by atoms with Crippen LogP contribution in [-0.4, -0.2) is 16.1 Å². The molecule has 0 fully saturated rings. The maximum absolute atomic E-state index is 13.0. The highest BCUT2D eigenvalue weighted by molar-refractivity contribution is 8.02. The molecule has 3 aromatic carbocycles. The number of hydrogen-bond acceptors (Lipinski definition) is 4. The van der Waals surface area contributed by atoms with Crippen LogP contribution >= 0.6 is 23.1 Å². The number of nitrogens with zero attached hydrogens (tertiary/aromatic N) is 1. The molecule has 140 valence electrons. The van der Waals surface area contributed by atoms with Gasteiger partial charge in [0, 0.05) is 0 Å². The molecule has 0 bridgehead atoms. The fraction of sp³-hybridized carbons (Fsp3) is 0.130. The first-order valence-corrected chi connectivity index (χ1v) is 10.8. The largest absolute Gasteiger partial charge is 0.344 e. The standard InChI is InChI=1S/C23H20N2OS2/c1-16(27-23-24-19-14-8-9-15-20(19)28-23)22(26)25-21(17-10-4-2-5-11-17)18-12-6-3-7-13-18/h2-16,21H,1H3,(H,25,26). The molecule has 0 aliphatic rings. The molecule has 1 heterocycles. The van der Waals surface area contributed by atoms with Gasteiger partial charge in [0.2, 0.25) is 5.91 Å². The minimum Gasteiger partial charge on any atom is -0.344 e. The lowest BCUT2D eigenvalue weighted by molar-refractivity contribution is -0.120. The lowest BCUT2D eigenvalue weighted by Gasteiger charge is -2.21. The van der Waals surface area contributed by atoms with Gasteiger partial charge in [0.15, 0.2) is 4.34 Å². The first-order valence-electron chi connectivity index (χ1n) is 9.13. The topological polar surface area (TPSA) is 42.0 Å². The average Bonchev–Trinajstić information content (AvgIpc) is 3.15. The van der Waals surface area contributed by atoms with Crippen LogP contribution in [0.3, 0.4) is 0 Å². The van der Waals surface area contributed by atoms with Crippen molar-refractivity contribution in [3.05, 3.63) is 96.1 Å². The molecule has 4 rings (SSSR count). The zero-order chi connectivity index (χ0) is 19.3. The van der Waals surface area contributed by atoms with Gasteiger partial charge < -0.3 is 5.32 Å². The van der Waals surface area contributed by atoms with Crippen LogP contribution in [0.2, 0.25) is 0 Å².